The highest BCUT2D eigenvalue weighted by molar-refractivity contribution is 5.80. The molecule has 1 nitrogen and oxygen atoms in total. The van der Waals surface area contributed by atoms with Crippen molar-refractivity contribution in [2.24, 2.45) is 0 Å². The first kappa shape index (κ1) is 17.5. The fourth-order valence-electron chi connectivity index (χ4n) is 2.70. The first-order chi connectivity index (χ1) is 10.5. The zero-order chi connectivity index (χ0) is 17.4. The third-order valence-electron chi connectivity index (χ3n) is 4.23. The zero-order valence-electron chi connectivity index (χ0n) is 15.4. The van der Waals surface area contributed by atoms with Gasteiger partial charge in [-0.15, -0.1) is 0 Å². The molecule has 0 spiro atoms. The molecule has 0 amide bonds. The summed E-state index contributed by atoms with van der Waals surface area (Å²) in [7, 11) is 0. The van der Waals surface area contributed by atoms with E-state index >= 15 is 0 Å². The predicted molar refractivity (Wildman–Crippen MR) is 99.4 cm³/mol. The Balaban J connectivity index is 2.67. The van der Waals surface area contributed by atoms with Gasteiger partial charge in [0, 0.05) is 5.56 Å². The molecule has 0 N–H and O–H groups in total. The normalized spacial score (nSPS) is 12.3. The van der Waals surface area contributed by atoms with Crippen LogP contribution in [0.1, 0.15) is 68.6 Å². The second-order valence-corrected chi connectivity index (χ2v) is 8.55. The van der Waals surface area contributed by atoms with Crippen LogP contribution in [0, 0.1) is 6.92 Å². The summed E-state index contributed by atoms with van der Waals surface area (Å²) in [6.45, 7) is 15.4. The average molecular weight is 308 g/mol. The van der Waals surface area contributed by atoms with Gasteiger partial charge >= 0.3 is 0 Å². The molecule has 0 aliphatic carbocycles. The molecule has 0 aliphatic heterocycles. The van der Waals surface area contributed by atoms with Crippen molar-refractivity contribution in [1.82, 2.24) is 0 Å². The Morgan fingerprint density at radius 3 is 1.65 bits per heavy atom. The molecule has 0 bridgehead atoms. The van der Waals surface area contributed by atoms with Gasteiger partial charge in [-0.1, -0.05) is 71.4 Å². The SMILES string of the molecule is Cc1cc(-c2cc(C=O)cc(C(C)(C)C)c2)cc(C(C)(C)C)c1. The fraction of sp³-hybridized carbons (Fsp3) is 0.409. The Labute approximate surface area is 140 Å². The highest BCUT2D eigenvalue weighted by atomic mass is 16.1. The van der Waals surface area contributed by atoms with Crippen molar-refractivity contribution in [1.29, 1.82) is 0 Å². The van der Waals surface area contributed by atoms with E-state index in [1.54, 1.807) is 0 Å². The van der Waals surface area contributed by atoms with E-state index in [9.17, 15) is 4.79 Å². The summed E-state index contributed by atoms with van der Waals surface area (Å²) in [6, 6.07) is 12.9. The molecule has 122 valence electrons. The minimum atomic E-state index is 0.0183. The van der Waals surface area contributed by atoms with Gasteiger partial charge in [-0.3, -0.25) is 4.79 Å². The fourth-order valence-corrected chi connectivity index (χ4v) is 2.70. The largest absolute Gasteiger partial charge is 0.298 e. The van der Waals surface area contributed by atoms with Gasteiger partial charge in [-0.05, 0) is 52.1 Å². The lowest BCUT2D eigenvalue weighted by molar-refractivity contribution is 0.112. The van der Waals surface area contributed by atoms with Crippen molar-refractivity contribution in [3.8, 4) is 11.1 Å². The van der Waals surface area contributed by atoms with Crippen molar-refractivity contribution in [3.63, 3.8) is 0 Å². The van der Waals surface area contributed by atoms with Crippen LogP contribution >= 0.6 is 0 Å². The van der Waals surface area contributed by atoms with Crippen molar-refractivity contribution < 1.29 is 4.79 Å². The summed E-state index contributed by atoms with van der Waals surface area (Å²) in [5.41, 5.74) is 6.93. The van der Waals surface area contributed by atoms with Crippen molar-refractivity contribution in [2.45, 2.75) is 59.3 Å². The number of hydrogen-bond donors (Lipinski definition) is 0. The maximum atomic E-state index is 11.4. The minimum Gasteiger partial charge on any atom is -0.298 e. The molecule has 0 saturated heterocycles. The summed E-state index contributed by atoms with van der Waals surface area (Å²) in [6.07, 6.45) is 0.944. The molecular formula is C22H28O. The standard InChI is InChI=1S/C22H28O/c1-15-8-17(12-19(9-15)21(2,3)4)18-10-16(14-23)11-20(13-18)22(5,6)7/h8-14H,1-7H3. The molecule has 0 fully saturated rings. The molecule has 0 unspecified atom stereocenters. The van der Waals surface area contributed by atoms with Gasteiger partial charge in [-0.25, -0.2) is 0 Å². The van der Waals surface area contributed by atoms with Crippen LogP contribution in [-0.2, 0) is 10.8 Å². The maximum Gasteiger partial charge on any atom is 0.150 e. The van der Waals surface area contributed by atoms with Gasteiger partial charge in [0.15, 0.2) is 0 Å². The number of benzene rings is 2. The molecule has 0 radical (unpaired) electrons. The van der Waals surface area contributed by atoms with Gasteiger partial charge in [0.1, 0.15) is 6.29 Å². The quantitative estimate of drug-likeness (QED) is 0.615. The van der Waals surface area contributed by atoms with E-state index in [1.807, 2.05) is 12.1 Å². The Morgan fingerprint density at radius 2 is 1.17 bits per heavy atom. The minimum absolute atomic E-state index is 0.0183. The van der Waals surface area contributed by atoms with Crippen LogP contribution in [0.2, 0.25) is 0 Å². The lowest BCUT2D eigenvalue weighted by Gasteiger charge is -2.23. The number of aldehydes is 1. The van der Waals surface area contributed by atoms with E-state index < -0.39 is 0 Å². The molecule has 2 aromatic rings. The van der Waals surface area contributed by atoms with E-state index in [1.165, 1.54) is 22.3 Å². The molecule has 2 aromatic carbocycles. The summed E-state index contributed by atoms with van der Waals surface area (Å²) in [5.74, 6) is 0. The van der Waals surface area contributed by atoms with Gasteiger partial charge in [-0.2, -0.15) is 0 Å². The third kappa shape index (κ3) is 4.10. The van der Waals surface area contributed by atoms with Gasteiger partial charge in [0.2, 0.25) is 0 Å². The van der Waals surface area contributed by atoms with Crippen molar-refractivity contribution >= 4 is 6.29 Å². The predicted octanol–water partition coefficient (Wildman–Crippen LogP) is 6.07. The number of carbonyl (C=O) groups excluding carboxylic acids is 1. The summed E-state index contributed by atoms with van der Waals surface area (Å²) in [4.78, 5) is 11.4. The monoisotopic (exact) mass is 308 g/mol. The summed E-state index contributed by atoms with van der Waals surface area (Å²) in [5, 5.41) is 0. The molecule has 0 aromatic heterocycles. The average Bonchev–Trinajstić information content (AvgIpc) is 2.44. The van der Waals surface area contributed by atoms with Crippen LogP contribution in [-0.4, -0.2) is 6.29 Å². The number of aryl methyl sites for hydroxylation is 1. The Kier molecular flexibility index (Phi) is 4.52. The van der Waals surface area contributed by atoms with Gasteiger partial charge < -0.3 is 0 Å². The Hall–Kier alpha value is -1.89. The zero-order valence-corrected chi connectivity index (χ0v) is 15.4. The number of hydrogen-bond acceptors (Lipinski definition) is 1. The Bertz CT molecular complexity index is 725. The molecule has 0 saturated carbocycles. The maximum absolute atomic E-state index is 11.4. The second-order valence-electron chi connectivity index (χ2n) is 8.55. The molecule has 0 aliphatic rings. The van der Waals surface area contributed by atoms with Crippen molar-refractivity contribution in [3.05, 3.63) is 58.7 Å². The van der Waals surface area contributed by atoms with Crippen LogP contribution in [0.3, 0.4) is 0 Å². The van der Waals surface area contributed by atoms with E-state index in [4.69, 9.17) is 0 Å². The second kappa shape index (κ2) is 5.96. The highest BCUT2D eigenvalue weighted by Crippen LogP contribution is 2.32. The lowest BCUT2D eigenvalue weighted by atomic mass is 9.82. The molecular weight excluding hydrogens is 280 g/mol. The smallest absolute Gasteiger partial charge is 0.150 e. The van der Waals surface area contributed by atoms with E-state index in [0.717, 1.165) is 17.4 Å². The van der Waals surface area contributed by atoms with E-state index in [0.29, 0.717) is 0 Å². The highest BCUT2D eigenvalue weighted by Gasteiger charge is 2.18. The van der Waals surface area contributed by atoms with Crippen LogP contribution in [0.4, 0.5) is 0 Å². The van der Waals surface area contributed by atoms with Gasteiger partial charge in [0.05, 0.1) is 0 Å². The third-order valence-corrected chi connectivity index (χ3v) is 4.23. The molecule has 1 heteroatoms. The van der Waals surface area contributed by atoms with Crippen molar-refractivity contribution in [2.75, 3.05) is 0 Å². The Morgan fingerprint density at radius 1 is 0.696 bits per heavy atom. The molecule has 2 rings (SSSR count). The number of rotatable bonds is 2. The van der Waals surface area contributed by atoms with Crippen LogP contribution in [0.15, 0.2) is 36.4 Å². The topological polar surface area (TPSA) is 17.1 Å². The van der Waals surface area contributed by atoms with Gasteiger partial charge in [0.25, 0.3) is 0 Å². The van der Waals surface area contributed by atoms with Crippen LogP contribution < -0.4 is 0 Å². The van der Waals surface area contributed by atoms with Crippen LogP contribution in [0.5, 0.6) is 0 Å². The first-order valence-electron chi connectivity index (χ1n) is 8.24. The lowest BCUT2D eigenvalue weighted by Crippen LogP contribution is -2.12. The molecule has 23 heavy (non-hydrogen) atoms. The molecule has 0 heterocycles. The molecule has 0 atom stereocenters. The van der Waals surface area contributed by atoms with Crippen LogP contribution in [0.25, 0.3) is 11.1 Å². The number of carbonyl (C=O) groups is 1. The van der Waals surface area contributed by atoms with E-state index in [2.05, 4.69) is 72.7 Å². The first-order valence-corrected chi connectivity index (χ1v) is 8.24. The summed E-state index contributed by atoms with van der Waals surface area (Å²) < 4.78 is 0. The summed E-state index contributed by atoms with van der Waals surface area (Å²) >= 11 is 0. The van der Waals surface area contributed by atoms with E-state index in [-0.39, 0.29) is 10.8 Å².